The Labute approximate surface area is 420 Å². The van der Waals surface area contributed by atoms with Gasteiger partial charge in [0.25, 0.3) is 0 Å². The first-order valence-electron chi connectivity index (χ1n) is 25.3. The lowest BCUT2D eigenvalue weighted by molar-refractivity contribution is 0.827. The van der Waals surface area contributed by atoms with Crippen LogP contribution in [0.3, 0.4) is 0 Å². The van der Waals surface area contributed by atoms with Crippen LogP contribution in [0.5, 0.6) is 0 Å². The topological polar surface area (TPSA) is 9.86 Å². The monoisotopic (exact) mass is 920 g/mol. The molecule has 72 heavy (non-hydrogen) atoms. The fourth-order valence-electron chi connectivity index (χ4n) is 11.6. The lowest BCUT2D eigenvalue weighted by Crippen LogP contribution is -1.93. The molecule has 13 aromatic rings. The summed E-state index contributed by atoms with van der Waals surface area (Å²) >= 11 is 0. The first kappa shape index (κ1) is 43.1. The molecule has 0 saturated carbocycles. The second kappa shape index (κ2) is 18.1. The van der Waals surface area contributed by atoms with E-state index in [1.807, 2.05) is 0 Å². The zero-order chi connectivity index (χ0) is 48.1. The van der Waals surface area contributed by atoms with Gasteiger partial charge in [0.1, 0.15) is 0 Å². The van der Waals surface area contributed by atoms with E-state index in [0.29, 0.717) is 0 Å². The number of para-hydroxylation sites is 2. The maximum absolute atomic E-state index is 2.42. The zero-order valence-electron chi connectivity index (χ0n) is 40.6. The second-order valence-corrected chi connectivity index (χ2v) is 18.9. The largest absolute Gasteiger partial charge is 0.341 e. The van der Waals surface area contributed by atoms with Crippen molar-refractivity contribution >= 4 is 88.5 Å². The van der Waals surface area contributed by atoms with Gasteiger partial charge in [-0.25, -0.2) is 0 Å². The van der Waals surface area contributed by atoms with Gasteiger partial charge in [0.15, 0.2) is 0 Å². The minimum absolute atomic E-state index is 0.932. The van der Waals surface area contributed by atoms with Crippen LogP contribution < -0.4 is 0 Å². The van der Waals surface area contributed by atoms with Crippen LogP contribution in [0.1, 0.15) is 47.2 Å². The van der Waals surface area contributed by atoms with Gasteiger partial charge in [0.05, 0.1) is 0 Å². The Balaban J connectivity index is 0.897. The second-order valence-electron chi connectivity index (χ2n) is 18.9. The predicted molar refractivity (Wildman–Crippen MR) is 309 cm³/mol. The SMILES string of the molecule is CCn1c2ccccc2c2cc(C=C(c3ccccc3)c3ccc(-c4c5ccccc5c(-c5ccc(C(=Cc6ccc7c(c6)c6ccccc6n7CC)c6ccccc6)cc5)c5ccccc45)cc3)ccc21. The number of nitrogens with zero attached hydrogens (tertiary/aromatic N) is 2. The molecule has 0 aliphatic rings. The van der Waals surface area contributed by atoms with Crippen molar-refractivity contribution in [1.82, 2.24) is 9.13 Å². The minimum atomic E-state index is 0.932. The van der Waals surface area contributed by atoms with Crippen molar-refractivity contribution in [2.45, 2.75) is 26.9 Å². The molecule has 13 rings (SSSR count). The maximum atomic E-state index is 2.42. The molecule has 0 radical (unpaired) electrons. The van der Waals surface area contributed by atoms with Gasteiger partial charge < -0.3 is 9.13 Å². The number of rotatable bonds is 10. The molecule has 11 aromatic carbocycles. The van der Waals surface area contributed by atoms with Gasteiger partial charge in [0, 0.05) is 56.7 Å². The predicted octanol–water partition coefficient (Wildman–Crippen LogP) is 18.8. The number of hydrogen-bond donors (Lipinski definition) is 0. The highest BCUT2D eigenvalue weighted by Gasteiger charge is 2.19. The third-order valence-electron chi connectivity index (χ3n) is 14.9. The third kappa shape index (κ3) is 7.34. The molecule has 0 aliphatic heterocycles. The Morgan fingerprint density at radius 3 is 0.958 bits per heavy atom. The van der Waals surface area contributed by atoms with Crippen LogP contribution in [0.25, 0.3) is 111 Å². The van der Waals surface area contributed by atoms with E-state index in [9.17, 15) is 0 Å². The van der Waals surface area contributed by atoms with Crippen molar-refractivity contribution in [3.05, 3.63) is 276 Å². The number of aryl methyl sites for hydroxylation is 2. The number of aromatic nitrogens is 2. The minimum Gasteiger partial charge on any atom is -0.341 e. The quantitative estimate of drug-likeness (QED) is 0.0955. The smallest absolute Gasteiger partial charge is 0.0491 e. The summed E-state index contributed by atoms with van der Waals surface area (Å²) in [5, 5.41) is 10.1. The molecule has 0 bridgehead atoms. The van der Waals surface area contributed by atoms with E-state index in [2.05, 4.69) is 278 Å². The Morgan fingerprint density at radius 1 is 0.292 bits per heavy atom. The average Bonchev–Trinajstić information content (AvgIpc) is 3.95. The lowest BCUT2D eigenvalue weighted by Gasteiger charge is -2.18. The van der Waals surface area contributed by atoms with Crippen LogP contribution in [0, 0.1) is 0 Å². The molecule has 0 N–H and O–H groups in total. The van der Waals surface area contributed by atoms with Crippen LogP contribution in [0.4, 0.5) is 0 Å². The third-order valence-corrected chi connectivity index (χ3v) is 14.9. The van der Waals surface area contributed by atoms with Gasteiger partial charge >= 0.3 is 0 Å². The Morgan fingerprint density at radius 2 is 0.597 bits per heavy atom. The highest BCUT2D eigenvalue weighted by atomic mass is 15.0. The van der Waals surface area contributed by atoms with Crippen molar-refractivity contribution in [2.75, 3.05) is 0 Å². The molecule has 0 fully saturated rings. The van der Waals surface area contributed by atoms with Gasteiger partial charge in [-0.15, -0.1) is 0 Å². The summed E-state index contributed by atoms with van der Waals surface area (Å²) in [6, 6.07) is 89.5. The molecule has 0 saturated heterocycles. The molecule has 0 unspecified atom stereocenters. The summed E-state index contributed by atoms with van der Waals surface area (Å²) in [5.74, 6) is 0. The van der Waals surface area contributed by atoms with Crippen LogP contribution in [0.15, 0.2) is 243 Å². The van der Waals surface area contributed by atoms with Gasteiger partial charge in [-0.05, 0) is 151 Å². The van der Waals surface area contributed by atoms with E-state index in [0.717, 1.165) is 13.1 Å². The molecular formula is C70H52N2. The van der Waals surface area contributed by atoms with Gasteiger partial charge in [0.2, 0.25) is 0 Å². The molecular weight excluding hydrogens is 869 g/mol. The highest BCUT2D eigenvalue weighted by Crippen LogP contribution is 2.45. The molecule has 2 heteroatoms. The summed E-state index contributed by atoms with van der Waals surface area (Å²) in [6.07, 6.45) is 4.72. The first-order valence-corrected chi connectivity index (χ1v) is 25.3. The average molecular weight is 921 g/mol. The number of fused-ring (bicyclic) bond motifs is 8. The van der Waals surface area contributed by atoms with E-state index < -0.39 is 0 Å². The Kier molecular flexibility index (Phi) is 10.8. The van der Waals surface area contributed by atoms with Crippen molar-refractivity contribution in [1.29, 1.82) is 0 Å². The van der Waals surface area contributed by atoms with Gasteiger partial charge in [-0.3, -0.25) is 0 Å². The summed E-state index contributed by atoms with van der Waals surface area (Å²) in [7, 11) is 0. The first-order chi connectivity index (χ1) is 35.6. The number of benzene rings is 11. The van der Waals surface area contributed by atoms with Crippen molar-refractivity contribution in [3.63, 3.8) is 0 Å². The normalized spacial score (nSPS) is 12.3. The van der Waals surface area contributed by atoms with Crippen molar-refractivity contribution < 1.29 is 0 Å². The maximum Gasteiger partial charge on any atom is 0.0491 e. The Hall–Kier alpha value is -8.98. The summed E-state index contributed by atoms with van der Waals surface area (Å²) in [4.78, 5) is 0. The highest BCUT2D eigenvalue weighted by molar-refractivity contribution is 6.21. The van der Waals surface area contributed by atoms with Crippen LogP contribution in [-0.2, 0) is 13.1 Å². The molecule has 0 amide bonds. The van der Waals surface area contributed by atoms with E-state index in [-0.39, 0.29) is 0 Å². The van der Waals surface area contributed by atoms with E-state index in [1.165, 1.54) is 132 Å². The fourth-order valence-corrected chi connectivity index (χ4v) is 11.6. The standard InChI is InChI=1S/C70H52N2/c1-3-71-65-29-17-15-23-55(65)63-45-47(31-41-67(63)71)43-61(49-19-7-5-8-20-49)51-33-37-53(38-34-51)69-57-25-11-13-27-59(57)70(60-28-14-12-26-58(60)69)54-39-35-52(36-40-54)62(50-21-9-6-10-22-50)44-48-32-42-68-64(46-48)56-24-16-18-30-66(56)72(68)4-2/h5-46H,3-4H2,1-2H3. The molecule has 342 valence electrons. The fraction of sp³-hybridized carbons (Fsp3) is 0.0571. The molecule has 0 atom stereocenters. The lowest BCUT2D eigenvalue weighted by atomic mass is 9.85. The van der Waals surface area contributed by atoms with Gasteiger partial charge in [-0.2, -0.15) is 0 Å². The van der Waals surface area contributed by atoms with E-state index >= 15 is 0 Å². The molecule has 2 aromatic heterocycles. The summed E-state index contributed by atoms with van der Waals surface area (Å²) in [6.45, 7) is 6.32. The Bertz CT molecular complexity index is 3910. The van der Waals surface area contributed by atoms with Crippen LogP contribution in [0.2, 0.25) is 0 Å². The molecule has 0 aliphatic carbocycles. The molecule has 0 spiro atoms. The van der Waals surface area contributed by atoms with Crippen LogP contribution >= 0.6 is 0 Å². The van der Waals surface area contributed by atoms with Crippen molar-refractivity contribution in [3.8, 4) is 22.3 Å². The zero-order valence-corrected chi connectivity index (χ0v) is 40.6. The van der Waals surface area contributed by atoms with Crippen molar-refractivity contribution in [2.24, 2.45) is 0 Å². The molecule has 2 nitrogen and oxygen atoms in total. The molecule has 2 heterocycles. The van der Waals surface area contributed by atoms with Gasteiger partial charge in [-0.1, -0.05) is 206 Å². The van der Waals surface area contributed by atoms with Crippen LogP contribution in [-0.4, -0.2) is 9.13 Å². The number of hydrogen-bond acceptors (Lipinski definition) is 0. The summed E-state index contributed by atoms with van der Waals surface area (Å²) in [5.41, 5.74) is 19.5. The van der Waals surface area contributed by atoms with E-state index in [1.54, 1.807) is 0 Å². The van der Waals surface area contributed by atoms with E-state index in [4.69, 9.17) is 0 Å². The summed E-state index contributed by atoms with van der Waals surface area (Å²) < 4.78 is 4.84.